The summed E-state index contributed by atoms with van der Waals surface area (Å²) >= 11 is 11.6. The van der Waals surface area contributed by atoms with Crippen LogP contribution in [0.5, 0.6) is 0 Å². The number of hydrogen-bond acceptors (Lipinski definition) is 1. The van der Waals surface area contributed by atoms with Crippen molar-refractivity contribution in [3.63, 3.8) is 0 Å². The van der Waals surface area contributed by atoms with Gasteiger partial charge in [0.2, 0.25) is 0 Å². The van der Waals surface area contributed by atoms with E-state index in [-0.39, 0.29) is 0 Å². The zero-order valence-electron chi connectivity index (χ0n) is 6.35. The van der Waals surface area contributed by atoms with Crippen molar-refractivity contribution in [1.29, 1.82) is 5.26 Å². The second-order valence-corrected chi connectivity index (χ2v) is 3.00. The van der Waals surface area contributed by atoms with Gasteiger partial charge in [-0.2, -0.15) is 5.26 Å². The van der Waals surface area contributed by atoms with Crippen LogP contribution in [-0.4, -0.2) is 0 Å². The van der Waals surface area contributed by atoms with Gasteiger partial charge in [-0.05, 0) is 11.1 Å². The lowest BCUT2D eigenvalue weighted by Gasteiger charge is -2.03. The van der Waals surface area contributed by atoms with Crippen LogP contribution in [0.3, 0.4) is 0 Å². The molecule has 0 aliphatic carbocycles. The Labute approximate surface area is 81.5 Å². The number of hydrogen-bond donors (Lipinski definition) is 0. The summed E-state index contributed by atoms with van der Waals surface area (Å²) in [6.07, 6.45) is 0.337. The fourth-order valence-corrected chi connectivity index (χ4v) is 1.51. The monoisotopic (exact) mass is 199 g/mol. The molecule has 0 unspecified atom stereocenters. The summed E-state index contributed by atoms with van der Waals surface area (Å²) < 4.78 is 0. The van der Waals surface area contributed by atoms with Crippen molar-refractivity contribution in [2.45, 2.75) is 12.3 Å². The van der Waals surface area contributed by atoms with Gasteiger partial charge in [0, 0.05) is 10.9 Å². The van der Waals surface area contributed by atoms with Crippen LogP contribution in [0.4, 0.5) is 0 Å². The molecule has 0 saturated carbocycles. The molecule has 1 aromatic carbocycles. The van der Waals surface area contributed by atoms with E-state index in [2.05, 4.69) is 0 Å². The Morgan fingerprint density at radius 3 is 2.58 bits per heavy atom. The smallest absolute Gasteiger partial charge is 0.0670 e. The Bertz CT molecular complexity index is 315. The summed E-state index contributed by atoms with van der Waals surface area (Å²) in [6, 6.07) is 7.60. The van der Waals surface area contributed by atoms with Crippen LogP contribution < -0.4 is 0 Å². The van der Waals surface area contributed by atoms with Crippen molar-refractivity contribution < 1.29 is 0 Å². The molecule has 0 bridgehead atoms. The van der Waals surface area contributed by atoms with Gasteiger partial charge in [-0.25, -0.2) is 0 Å². The molecule has 0 saturated heterocycles. The number of rotatable bonds is 2. The van der Waals surface area contributed by atoms with Crippen LogP contribution in [0.2, 0.25) is 5.02 Å². The molecule has 12 heavy (non-hydrogen) atoms. The molecule has 0 radical (unpaired) electrons. The molecule has 0 atom stereocenters. The zero-order chi connectivity index (χ0) is 8.97. The lowest BCUT2D eigenvalue weighted by Crippen LogP contribution is -1.87. The summed E-state index contributed by atoms with van der Waals surface area (Å²) in [5.74, 6) is 0.387. The molecule has 0 fully saturated rings. The summed E-state index contributed by atoms with van der Waals surface area (Å²) in [4.78, 5) is 0. The summed E-state index contributed by atoms with van der Waals surface area (Å²) in [7, 11) is 0. The van der Waals surface area contributed by atoms with Gasteiger partial charge in [-0.1, -0.05) is 29.8 Å². The Balaban J connectivity index is 3.07. The van der Waals surface area contributed by atoms with Crippen LogP contribution >= 0.6 is 23.2 Å². The predicted octanol–water partition coefficient (Wildman–Crippen LogP) is 3.14. The van der Waals surface area contributed by atoms with E-state index >= 15 is 0 Å². The third-order valence-electron chi connectivity index (χ3n) is 1.57. The van der Waals surface area contributed by atoms with Gasteiger partial charge in [0.15, 0.2) is 0 Å². The third-order valence-corrected chi connectivity index (χ3v) is 2.35. The lowest BCUT2D eigenvalue weighted by molar-refractivity contribution is 1.24. The molecule has 0 aromatic heterocycles. The summed E-state index contributed by atoms with van der Waals surface area (Å²) in [6.45, 7) is 0. The van der Waals surface area contributed by atoms with Crippen LogP contribution in [0.15, 0.2) is 18.2 Å². The molecule has 1 aromatic rings. The second kappa shape index (κ2) is 4.35. The van der Waals surface area contributed by atoms with E-state index in [0.29, 0.717) is 17.3 Å². The molecule has 1 rings (SSSR count). The molecule has 0 aliphatic heterocycles. The lowest BCUT2D eigenvalue weighted by atomic mass is 10.1. The standard InChI is InChI=1S/C9H7Cl2N/c10-6-8-3-1-2-7(4-5-12)9(8)11/h1-3H,4,6H2. The van der Waals surface area contributed by atoms with Gasteiger partial charge in [-0.15, -0.1) is 11.6 Å². The van der Waals surface area contributed by atoms with Gasteiger partial charge < -0.3 is 0 Å². The van der Waals surface area contributed by atoms with Gasteiger partial charge in [-0.3, -0.25) is 0 Å². The quantitative estimate of drug-likeness (QED) is 0.672. The molecular weight excluding hydrogens is 193 g/mol. The van der Waals surface area contributed by atoms with Crippen LogP contribution in [-0.2, 0) is 12.3 Å². The largest absolute Gasteiger partial charge is 0.198 e. The van der Waals surface area contributed by atoms with Crippen molar-refractivity contribution in [2.75, 3.05) is 0 Å². The fraction of sp³-hybridized carbons (Fsp3) is 0.222. The molecule has 0 heterocycles. The zero-order valence-corrected chi connectivity index (χ0v) is 7.86. The molecule has 0 amide bonds. The van der Waals surface area contributed by atoms with Crippen molar-refractivity contribution in [3.8, 4) is 6.07 Å². The van der Waals surface area contributed by atoms with E-state index in [1.807, 2.05) is 24.3 Å². The van der Waals surface area contributed by atoms with E-state index in [4.69, 9.17) is 28.5 Å². The van der Waals surface area contributed by atoms with E-state index in [0.717, 1.165) is 11.1 Å². The third kappa shape index (κ3) is 1.91. The maximum atomic E-state index is 8.47. The SMILES string of the molecule is N#CCc1cccc(CCl)c1Cl. The fourth-order valence-electron chi connectivity index (χ4n) is 0.958. The van der Waals surface area contributed by atoms with E-state index < -0.39 is 0 Å². The second-order valence-electron chi connectivity index (χ2n) is 2.36. The first-order valence-electron chi connectivity index (χ1n) is 3.48. The van der Waals surface area contributed by atoms with Crippen molar-refractivity contribution in [2.24, 2.45) is 0 Å². The summed E-state index contributed by atoms with van der Waals surface area (Å²) in [5, 5.41) is 9.09. The average molecular weight is 200 g/mol. The van der Waals surface area contributed by atoms with E-state index in [9.17, 15) is 0 Å². The van der Waals surface area contributed by atoms with Crippen LogP contribution in [0.25, 0.3) is 0 Å². The highest BCUT2D eigenvalue weighted by Crippen LogP contribution is 2.22. The predicted molar refractivity (Wildman–Crippen MR) is 50.3 cm³/mol. The Hall–Kier alpha value is -0.710. The number of nitriles is 1. The highest BCUT2D eigenvalue weighted by atomic mass is 35.5. The van der Waals surface area contributed by atoms with Gasteiger partial charge in [0.05, 0.1) is 12.5 Å². The minimum absolute atomic E-state index is 0.337. The molecule has 1 nitrogen and oxygen atoms in total. The van der Waals surface area contributed by atoms with Crippen LogP contribution in [0, 0.1) is 11.3 Å². The van der Waals surface area contributed by atoms with Gasteiger partial charge >= 0.3 is 0 Å². The minimum Gasteiger partial charge on any atom is -0.198 e. The molecule has 62 valence electrons. The van der Waals surface area contributed by atoms with Gasteiger partial charge in [0.25, 0.3) is 0 Å². The topological polar surface area (TPSA) is 23.8 Å². The minimum atomic E-state index is 0.337. The summed E-state index contributed by atoms with van der Waals surface area (Å²) in [5.41, 5.74) is 1.73. The molecule has 0 N–H and O–H groups in total. The first kappa shape index (κ1) is 9.38. The molecule has 0 aliphatic rings. The van der Waals surface area contributed by atoms with E-state index in [1.165, 1.54) is 0 Å². The van der Waals surface area contributed by atoms with Crippen molar-refractivity contribution >= 4 is 23.2 Å². The van der Waals surface area contributed by atoms with E-state index in [1.54, 1.807) is 0 Å². The van der Waals surface area contributed by atoms with Crippen molar-refractivity contribution in [3.05, 3.63) is 34.3 Å². The van der Waals surface area contributed by atoms with Crippen LogP contribution in [0.1, 0.15) is 11.1 Å². The van der Waals surface area contributed by atoms with Crippen molar-refractivity contribution in [1.82, 2.24) is 0 Å². The first-order valence-corrected chi connectivity index (χ1v) is 4.40. The number of halogens is 2. The molecular formula is C9H7Cl2N. The Kier molecular flexibility index (Phi) is 3.40. The molecule has 3 heteroatoms. The average Bonchev–Trinajstić information content (AvgIpc) is 2.09. The number of alkyl halides is 1. The normalized spacial score (nSPS) is 9.42. The highest BCUT2D eigenvalue weighted by Gasteiger charge is 2.03. The first-order chi connectivity index (χ1) is 5.79. The number of benzene rings is 1. The molecule has 0 spiro atoms. The Morgan fingerprint density at radius 2 is 2.00 bits per heavy atom. The number of nitrogens with zero attached hydrogens (tertiary/aromatic N) is 1. The maximum Gasteiger partial charge on any atom is 0.0670 e. The Morgan fingerprint density at radius 1 is 1.33 bits per heavy atom. The maximum absolute atomic E-state index is 8.47. The highest BCUT2D eigenvalue weighted by molar-refractivity contribution is 6.33. The van der Waals surface area contributed by atoms with Gasteiger partial charge in [0.1, 0.15) is 0 Å².